The maximum Gasteiger partial charge on any atom is 0.417 e. The van der Waals surface area contributed by atoms with Gasteiger partial charge in [-0.2, -0.15) is 13.2 Å². The van der Waals surface area contributed by atoms with E-state index in [0.29, 0.717) is 13.0 Å². The van der Waals surface area contributed by atoms with Crippen molar-refractivity contribution in [2.45, 2.75) is 44.6 Å². The van der Waals surface area contributed by atoms with Gasteiger partial charge < -0.3 is 10.1 Å². The van der Waals surface area contributed by atoms with Crippen molar-refractivity contribution in [1.82, 2.24) is 0 Å². The Morgan fingerprint density at radius 2 is 1.90 bits per heavy atom. The zero-order valence-electron chi connectivity index (χ0n) is 16.7. The molecule has 1 spiro atoms. The summed E-state index contributed by atoms with van der Waals surface area (Å²) >= 11 is 0. The Kier molecular flexibility index (Phi) is 5.21. The highest BCUT2D eigenvalue weighted by Gasteiger charge is 2.48. The van der Waals surface area contributed by atoms with Crippen LogP contribution in [0.25, 0.3) is 0 Å². The van der Waals surface area contributed by atoms with Crippen molar-refractivity contribution in [2.24, 2.45) is 5.92 Å². The number of hydrogen-bond acceptors (Lipinski definition) is 4. The number of alkyl halides is 3. The number of Topliss-reactive ketones (excluding diaryl/α,β-unsaturated/α-hetero) is 2. The van der Waals surface area contributed by atoms with Crippen molar-refractivity contribution in [1.29, 1.82) is 0 Å². The Hall–Kier alpha value is -3.00. The number of carbonyl (C=O) groups is 3. The molecule has 1 N–H and O–H groups in total. The van der Waals surface area contributed by atoms with Crippen LogP contribution in [0.3, 0.4) is 0 Å². The molecule has 2 atom stereocenters. The summed E-state index contributed by atoms with van der Waals surface area (Å²) in [5.74, 6) is -2.66. The molecule has 1 amide bonds. The van der Waals surface area contributed by atoms with Crippen molar-refractivity contribution in [3.05, 3.63) is 64.7 Å². The summed E-state index contributed by atoms with van der Waals surface area (Å²) in [6.07, 6.45) is -4.01. The molecule has 0 radical (unpaired) electrons. The predicted octanol–water partition coefficient (Wildman–Crippen LogP) is 4.64. The zero-order valence-corrected chi connectivity index (χ0v) is 16.7. The monoisotopic (exact) mass is 431 g/mol. The van der Waals surface area contributed by atoms with Crippen molar-refractivity contribution in [3.63, 3.8) is 0 Å². The molecular formula is C23H20F3NO4. The summed E-state index contributed by atoms with van der Waals surface area (Å²) in [6.45, 7) is 1.45. The highest BCUT2D eigenvalue weighted by molar-refractivity contribution is 6.08. The molecule has 0 saturated heterocycles. The summed E-state index contributed by atoms with van der Waals surface area (Å²) < 4.78 is 45.8. The van der Waals surface area contributed by atoms with Gasteiger partial charge in [0.1, 0.15) is 11.4 Å². The zero-order chi connectivity index (χ0) is 22.4. The third-order valence-electron chi connectivity index (χ3n) is 5.99. The van der Waals surface area contributed by atoms with Gasteiger partial charge >= 0.3 is 6.18 Å². The molecule has 1 aliphatic carbocycles. The van der Waals surface area contributed by atoms with Crippen LogP contribution in [0.1, 0.15) is 53.2 Å². The molecule has 2 aromatic carbocycles. The van der Waals surface area contributed by atoms with Crippen LogP contribution < -0.4 is 5.32 Å². The van der Waals surface area contributed by atoms with Crippen LogP contribution in [0.15, 0.2) is 42.5 Å². The van der Waals surface area contributed by atoms with Crippen molar-refractivity contribution < 1.29 is 32.3 Å². The minimum Gasteiger partial charge on any atom is -0.365 e. The normalized spacial score (nSPS) is 23.0. The van der Waals surface area contributed by atoms with Gasteiger partial charge in [-0.1, -0.05) is 24.3 Å². The molecule has 5 nitrogen and oxygen atoms in total. The Balaban J connectivity index is 1.51. The lowest BCUT2D eigenvalue weighted by Gasteiger charge is -2.35. The maximum atomic E-state index is 13.3. The Morgan fingerprint density at radius 1 is 1.16 bits per heavy atom. The molecule has 31 heavy (non-hydrogen) atoms. The number of fused-ring (bicyclic) bond motifs is 2. The molecule has 4 rings (SSSR count). The van der Waals surface area contributed by atoms with Gasteiger partial charge in [0.25, 0.3) is 0 Å². The van der Waals surface area contributed by atoms with E-state index in [4.69, 9.17) is 4.74 Å². The van der Waals surface area contributed by atoms with Crippen LogP contribution in [0.4, 0.5) is 18.9 Å². The second-order valence-corrected chi connectivity index (χ2v) is 7.98. The Morgan fingerprint density at radius 3 is 2.58 bits per heavy atom. The predicted molar refractivity (Wildman–Crippen MR) is 105 cm³/mol. The molecule has 0 aromatic heterocycles. The third kappa shape index (κ3) is 3.87. The number of hydrogen-bond donors (Lipinski definition) is 1. The molecule has 162 valence electrons. The number of benzene rings is 2. The molecule has 2 unspecified atom stereocenters. The molecule has 8 heteroatoms. The highest BCUT2D eigenvalue weighted by Crippen LogP contribution is 2.47. The number of ether oxygens (including phenoxy) is 1. The average molecular weight is 431 g/mol. The van der Waals surface area contributed by atoms with Gasteiger partial charge in [-0.25, -0.2) is 0 Å². The van der Waals surface area contributed by atoms with E-state index >= 15 is 0 Å². The van der Waals surface area contributed by atoms with Gasteiger partial charge in [-0.05, 0) is 49.1 Å². The van der Waals surface area contributed by atoms with E-state index in [1.54, 1.807) is 0 Å². The first-order chi connectivity index (χ1) is 14.6. The first-order valence-corrected chi connectivity index (χ1v) is 9.89. The van der Waals surface area contributed by atoms with E-state index in [1.807, 2.05) is 24.3 Å². The first kappa shape index (κ1) is 21.2. The minimum absolute atomic E-state index is 0.0408. The van der Waals surface area contributed by atoms with E-state index in [1.165, 1.54) is 6.07 Å². The molecule has 1 heterocycles. The Labute approximate surface area is 176 Å². The van der Waals surface area contributed by atoms with Gasteiger partial charge in [0.05, 0.1) is 18.1 Å². The Bertz CT molecular complexity index is 1080. The van der Waals surface area contributed by atoms with Crippen LogP contribution in [-0.2, 0) is 32.7 Å². The molecule has 1 fully saturated rings. The van der Waals surface area contributed by atoms with E-state index in [-0.39, 0.29) is 24.3 Å². The average Bonchev–Trinajstić information content (AvgIpc) is 3.05. The third-order valence-corrected chi connectivity index (χ3v) is 5.99. The van der Waals surface area contributed by atoms with Crippen molar-refractivity contribution in [2.75, 3.05) is 5.32 Å². The van der Waals surface area contributed by atoms with Crippen LogP contribution in [0.5, 0.6) is 0 Å². The van der Waals surface area contributed by atoms with Crippen molar-refractivity contribution >= 4 is 23.2 Å². The second-order valence-electron chi connectivity index (χ2n) is 7.98. The van der Waals surface area contributed by atoms with Crippen LogP contribution in [0, 0.1) is 5.92 Å². The number of ketones is 2. The number of rotatable bonds is 3. The number of nitrogens with one attached hydrogen (secondary N) is 1. The fourth-order valence-corrected chi connectivity index (χ4v) is 4.44. The lowest BCUT2D eigenvalue weighted by atomic mass is 9.74. The van der Waals surface area contributed by atoms with Gasteiger partial charge in [0, 0.05) is 17.7 Å². The molecular weight excluding hydrogens is 411 g/mol. The van der Waals surface area contributed by atoms with Gasteiger partial charge in [-0.15, -0.1) is 0 Å². The largest absolute Gasteiger partial charge is 0.417 e. The maximum absolute atomic E-state index is 13.3. The second kappa shape index (κ2) is 7.60. The summed E-state index contributed by atoms with van der Waals surface area (Å²) in [7, 11) is 0. The SMILES string of the molecule is CC(=O)c1ccc(NC(=O)C2CCC3(CC2=O)OCc2ccccc23)cc1C(F)(F)F. The van der Waals surface area contributed by atoms with E-state index in [9.17, 15) is 27.6 Å². The fourth-order valence-electron chi connectivity index (χ4n) is 4.44. The van der Waals surface area contributed by atoms with E-state index < -0.39 is 40.5 Å². The van der Waals surface area contributed by atoms with Gasteiger partial charge in [-0.3, -0.25) is 14.4 Å². The van der Waals surface area contributed by atoms with Crippen LogP contribution in [0.2, 0.25) is 0 Å². The smallest absolute Gasteiger partial charge is 0.365 e. The van der Waals surface area contributed by atoms with Crippen molar-refractivity contribution in [3.8, 4) is 0 Å². The number of halogens is 3. The number of carbonyl (C=O) groups excluding carboxylic acids is 3. The van der Waals surface area contributed by atoms with E-state index in [0.717, 1.165) is 30.2 Å². The molecule has 2 aliphatic rings. The van der Waals surface area contributed by atoms with Crippen LogP contribution in [-0.4, -0.2) is 17.5 Å². The lowest BCUT2D eigenvalue weighted by molar-refractivity contribution is -0.144. The standard InChI is InChI=1S/C23H20F3NO4/c1-13(28)16-7-6-15(10-19(16)23(24,25)26)27-21(30)17-8-9-22(11-20(17)29)18-5-3-2-4-14(18)12-31-22/h2-7,10,17H,8-9,11-12H2,1H3,(H,27,30). The quantitative estimate of drug-likeness (QED) is 0.568. The molecule has 1 aliphatic heterocycles. The fraction of sp³-hybridized carbons (Fsp3) is 0.348. The lowest BCUT2D eigenvalue weighted by Crippen LogP contribution is -2.41. The molecule has 0 bridgehead atoms. The van der Waals surface area contributed by atoms with Gasteiger partial charge in [0.15, 0.2) is 5.78 Å². The first-order valence-electron chi connectivity index (χ1n) is 9.89. The molecule has 1 saturated carbocycles. The number of anilines is 1. The van der Waals surface area contributed by atoms with E-state index in [2.05, 4.69) is 5.32 Å². The summed E-state index contributed by atoms with van der Waals surface area (Å²) in [5.41, 5.74) is -0.476. The highest BCUT2D eigenvalue weighted by atomic mass is 19.4. The molecule has 2 aromatic rings. The topological polar surface area (TPSA) is 72.5 Å². The van der Waals surface area contributed by atoms with Crippen LogP contribution >= 0.6 is 0 Å². The summed E-state index contributed by atoms with van der Waals surface area (Å²) in [4.78, 5) is 37.0. The van der Waals surface area contributed by atoms with Gasteiger partial charge in [0.2, 0.25) is 5.91 Å². The number of amides is 1. The minimum atomic E-state index is -4.75. The summed E-state index contributed by atoms with van der Waals surface area (Å²) in [5, 5.41) is 2.41. The summed E-state index contributed by atoms with van der Waals surface area (Å²) in [6, 6.07) is 10.6.